The highest BCUT2D eigenvalue weighted by Gasteiger charge is 2.26. The summed E-state index contributed by atoms with van der Waals surface area (Å²) in [5.74, 6) is 0.306. The zero-order chi connectivity index (χ0) is 12.2. The van der Waals surface area contributed by atoms with Crippen LogP contribution in [0.5, 0.6) is 0 Å². The molecule has 0 radical (unpaired) electrons. The molecule has 0 amide bonds. The molecule has 0 saturated carbocycles. The van der Waals surface area contributed by atoms with Gasteiger partial charge in [0.2, 0.25) is 0 Å². The summed E-state index contributed by atoms with van der Waals surface area (Å²) in [6.07, 6.45) is 4.00. The van der Waals surface area contributed by atoms with E-state index in [0.29, 0.717) is 5.92 Å². The van der Waals surface area contributed by atoms with E-state index in [9.17, 15) is 4.39 Å². The van der Waals surface area contributed by atoms with E-state index in [1.54, 1.807) is 6.07 Å². The van der Waals surface area contributed by atoms with Crippen molar-refractivity contribution < 1.29 is 4.39 Å². The van der Waals surface area contributed by atoms with Crippen LogP contribution in [0.2, 0.25) is 0 Å². The Morgan fingerprint density at radius 1 is 1.44 bits per heavy atom. The van der Waals surface area contributed by atoms with Crippen molar-refractivity contribution in [2.45, 2.75) is 45.6 Å². The van der Waals surface area contributed by atoms with Crippen LogP contribution < -0.4 is 5.73 Å². The topological polar surface area (TPSA) is 38.9 Å². The Kier molecular flexibility index (Phi) is 4.42. The van der Waals surface area contributed by atoms with Gasteiger partial charge in [-0.15, -0.1) is 0 Å². The van der Waals surface area contributed by atoms with Crippen LogP contribution in [0.4, 0.5) is 4.39 Å². The van der Waals surface area contributed by atoms with Crippen LogP contribution in [0.1, 0.15) is 45.7 Å². The summed E-state index contributed by atoms with van der Waals surface area (Å²) >= 11 is 0. The SMILES string of the molecule is CCC(N)(CCC(C)C)c1ccc(F)cn1. The number of halogens is 1. The molecule has 3 heteroatoms. The summed E-state index contributed by atoms with van der Waals surface area (Å²) < 4.78 is 12.8. The molecule has 0 fully saturated rings. The van der Waals surface area contributed by atoms with E-state index in [1.807, 2.05) is 6.92 Å². The van der Waals surface area contributed by atoms with Crippen LogP contribution in [0.3, 0.4) is 0 Å². The summed E-state index contributed by atoms with van der Waals surface area (Å²) in [4.78, 5) is 4.10. The Morgan fingerprint density at radius 3 is 2.56 bits per heavy atom. The molecule has 0 aliphatic heterocycles. The molecule has 1 rings (SSSR count). The molecule has 16 heavy (non-hydrogen) atoms. The van der Waals surface area contributed by atoms with Gasteiger partial charge < -0.3 is 5.73 Å². The van der Waals surface area contributed by atoms with Gasteiger partial charge in [0.05, 0.1) is 17.4 Å². The van der Waals surface area contributed by atoms with E-state index in [1.165, 1.54) is 12.3 Å². The lowest BCUT2D eigenvalue weighted by atomic mass is 9.85. The number of rotatable bonds is 5. The van der Waals surface area contributed by atoms with E-state index < -0.39 is 5.54 Å². The van der Waals surface area contributed by atoms with Crippen molar-refractivity contribution in [1.82, 2.24) is 4.98 Å². The van der Waals surface area contributed by atoms with Crippen molar-refractivity contribution in [2.24, 2.45) is 11.7 Å². The summed E-state index contributed by atoms with van der Waals surface area (Å²) in [5.41, 5.74) is 6.70. The Hall–Kier alpha value is -0.960. The maximum Gasteiger partial charge on any atom is 0.141 e. The van der Waals surface area contributed by atoms with Gasteiger partial charge in [-0.3, -0.25) is 4.98 Å². The minimum atomic E-state index is -0.419. The van der Waals surface area contributed by atoms with E-state index in [2.05, 4.69) is 18.8 Å². The van der Waals surface area contributed by atoms with Crippen molar-refractivity contribution in [3.63, 3.8) is 0 Å². The molecule has 90 valence electrons. The Bertz CT molecular complexity index is 321. The van der Waals surface area contributed by atoms with Crippen LogP contribution in [0.25, 0.3) is 0 Å². The molecule has 2 N–H and O–H groups in total. The third-order valence-corrected chi connectivity index (χ3v) is 3.04. The van der Waals surface area contributed by atoms with Crippen molar-refractivity contribution in [3.8, 4) is 0 Å². The van der Waals surface area contributed by atoms with Crippen LogP contribution in [0.15, 0.2) is 18.3 Å². The van der Waals surface area contributed by atoms with Gasteiger partial charge in [0.15, 0.2) is 0 Å². The molecule has 1 aromatic heterocycles. The van der Waals surface area contributed by atoms with Gasteiger partial charge in [0.25, 0.3) is 0 Å². The first-order valence-corrected chi connectivity index (χ1v) is 5.89. The lowest BCUT2D eigenvalue weighted by Gasteiger charge is -2.28. The van der Waals surface area contributed by atoms with Gasteiger partial charge in [-0.25, -0.2) is 4.39 Å². The number of nitrogens with two attached hydrogens (primary N) is 1. The highest BCUT2D eigenvalue weighted by Crippen LogP contribution is 2.27. The number of hydrogen-bond acceptors (Lipinski definition) is 2. The number of pyridine rings is 1. The van der Waals surface area contributed by atoms with E-state index >= 15 is 0 Å². The van der Waals surface area contributed by atoms with Crippen molar-refractivity contribution in [3.05, 3.63) is 29.8 Å². The predicted octanol–water partition coefficient (Wildman–Crippen LogP) is 3.22. The van der Waals surface area contributed by atoms with E-state index in [4.69, 9.17) is 5.73 Å². The monoisotopic (exact) mass is 224 g/mol. The Labute approximate surface area is 97.1 Å². The molecule has 2 nitrogen and oxygen atoms in total. The molecule has 0 aromatic carbocycles. The molecule has 0 bridgehead atoms. The molecule has 0 aliphatic carbocycles. The fourth-order valence-corrected chi connectivity index (χ4v) is 1.70. The lowest BCUT2D eigenvalue weighted by Crippen LogP contribution is -2.37. The first-order valence-electron chi connectivity index (χ1n) is 5.89. The molecule has 1 unspecified atom stereocenters. The van der Waals surface area contributed by atoms with E-state index in [0.717, 1.165) is 25.0 Å². The third kappa shape index (κ3) is 3.27. The number of nitrogens with zero attached hydrogens (tertiary/aromatic N) is 1. The quantitative estimate of drug-likeness (QED) is 0.834. The second kappa shape index (κ2) is 5.39. The maximum atomic E-state index is 12.8. The minimum absolute atomic E-state index is 0.314. The standard InChI is InChI=1S/C13H21FN2/c1-4-13(15,8-7-10(2)3)12-6-5-11(14)9-16-12/h5-6,9-10H,4,7-8,15H2,1-3H3. The van der Waals surface area contributed by atoms with Crippen molar-refractivity contribution in [1.29, 1.82) is 0 Å². The molecule has 0 saturated heterocycles. The van der Waals surface area contributed by atoms with Gasteiger partial charge in [-0.2, -0.15) is 0 Å². The molecule has 0 spiro atoms. The Morgan fingerprint density at radius 2 is 2.12 bits per heavy atom. The molecule has 0 aliphatic rings. The average molecular weight is 224 g/mol. The fraction of sp³-hybridized carbons (Fsp3) is 0.615. The van der Waals surface area contributed by atoms with Crippen LogP contribution >= 0.6 is 0 Å². The molecule has 1 atom stereocenters. The first kappa shape index (κ1) is 13.1. The average Bonchev–Trinajstić information content (AvgIpc) is 2.27. The van der Waals surface area contributed by atoms with Gasteiger partial charge in [0.1, 0.15) is 5.82 Å². The summed E-state index contributed by atoms with van der Waals surface area (Å²) in [6, 6.07) is 3.12. The fourth-order valence-electron chi connectivity index (χ4n) is 1.70. The Balaban J connectivity index is 2.82. The van der Waals surface area contributed by atoms with Gasteiger partial charge in [-0.05, 0) is 37.3 Å². The highest BCUT2D eigenvalue weighted by atomic mass is 19.1. The highest BCUT2D eigenvalue weighted by molar-refractivity contribution is 5.15. The maximum absolute atomic E-state index is 12.8. The van der Waals surface area contributed by atoms with Crippen molar-refractivity contribution in [2.75, 3.05) is 0 Å². The smallest absolute Gasteiger partial charge is 0.141 e. The predicted molar refractivity (Wildman–Crippen MR) is 64.4 cm³/mol. The second-order valence-corrected chi connectivity index (χ2v) is 4.80. The first-order chi connectivity index (χ1) is 7.48. The van der Waals surface area contributed by atoms with E-state index in [-0.39, 0.29) is 5.82 Å². The van der Waals surface area contributed by atoms with Gasteiger partial charge in [-0.1, -0.05) is 20.8 Å². The molecular weight excluding hydrogens is 203 g/mol. The number of hydrogen-bond donors (Lipinski definition) is 1. The van der Waals surface area contributed by atoms with Crippen LogP contribution in [-0.4, -0.2) is 4.98 Å². The number of aromatic nitrogens is 1. The lowest BCUT2D eigenvalue weighted by molar-refractivity contribution is 0.345. The largest absolute Gasteiger partial charge is 0.320 e. The minimum Gasteiger partial charge on any atom is -0.320 e. The molecular formula is C13H21FN2. The van der Waals surface area contributed by atoms with Gasteiger partial charge in [0, 0.05) is 0 Å². The van der Waals surface area contributed by atoms with Crippen LogP contribution in [0, 0.1) is 11.7 Å². The normalized spacial score (nSPS) is 15.1. The summed E-state index contributed by atoms with van der Waals surface area (Å²) in [7, 11) is 0. The zero-order valence-electron chi connectivity index (χ0n) is 10.3. The molecule has 1 aromatic rings. The summed E-state index contributed by atoms with van der Waals surface area (Å²) in [6.45, 7) is 6.40. The van der Waals surface area contributed by atoms with Crippen LogP contribution in [-0.2, 0) is 5.54 Å². The second-order valence-electron chi connectivity index (χ2n) is 4.80. The molecule has 1 heterocycles. The van der Waals surface area contributed by atoms with Gasteiger partial charge >= 0.3 is 0 Å². The third-order valence-electron chi connectivity index (χ3n) is 3.04. The van der Waals surface area contributed by atoms with Crippen molar-refractivity contribution >= 4 is 0 Å². The zero-order valence-corrected chi connectivity index (χ0v) is 10.3. The summed E-state index contributed by atoms with van der Waals surface area (Å²) in [5, 5.41) is 0.